The summed E-state index contributed by atoms with van der Waals surface area (Å²) in [4.78, 5) is 52.3. The normalized spacial score (nSPS) is 11.0. The first-order chi connectivity index (χ1) is 38.2. The van der Waals surface area contributed by atoms with Crippen molar-refractivity contribution in [2.75, 3.05) is 35.5 Å². The number of carbonyl (C=O) groups is 4. The molecule has 0 spiro atoms. The number of alkyl halides is 3. The lowest BCUT2D eigenvalue weighted by atomic mass is 10.1. The zero-order valence-corrected chi connectivity index (χ0v) is 46.0. The van der Waals surface area contributed by atoms with Gasteiger partial charge in [0.1, 0.15) is 56.8 Å². The van der Waals surface area contributed by atoms with Gasteiger partial charge in [0.05, 0.1) is 46.8 Å². The third-order valence-corrected chi connectivity index (χ3v) is 11.1. The topological polar surface area (TPSA) is 244 Å². The summed E-state index contributed by atoms with van der Waals surface area (Å²) in [6.07, 6.45) is -0.688. The van der Waals surface area contributed by atoms with Gasteiger partial charge in [0, 0.05) is 31.6 Å². The lowest BCUT2D eigenvalue weighted by Crippen LogP contribution is -2.24. The van der Waals surface area contributed by atoms with Gasteiger partial charge in [-0.3, -0.25) is 19.2 Å². The third kappa shape index (κ3) is 20.4. The molecular weight excluding hydrogens is 1130 g/mol. The van der Waals surface area contributed by atoms with Gasteiger partial charge in [-0.2, -0.15) is 29.0 Å². The van der Waals surface area contributed by atoms with Crippen molar-refractivity contribution in [2.24, 2.45) is 0 Å². The molecule has 1 aromatic heterocycles. The van der Waals surface area contributed by atoms with E-state index in [0.717, 1.165) is 34.9 Å². The minimum atomic E-state index is -4.59. The maximum Gasteiger partial charge on any atom is 0.416 e. The van der Waals surface area contributed by atoms with Crippen LogP contribution < -0.4 is 44.4 Å². The van der Waals surface area contributed by atoms with Crippen molar-refractivity contribution >= 4 is 69.4 Å². The molecule has 22 heteroatoms. The second-order valence-electron chi connectivity index (χ2n) is 16.1. The maximum atomic E-state index is 12.9. The summed E-state index contributed by atoms with van der Waals surface area (Å²) in [5.74, 6) is 0.325. The number of aromatic nitrogens is 1. The van der Waals surface area contributed by atoms with Crippen molar-refractivity contribution in [3.63, 3.8) is 0 Å². The Hall–Kier alpha value is -9.62. The van der Waals surface area contributed by atoms with E-state index < -0.39 is 35.4 Å². The molecule has 0 aliphatic heterocycles. The van der Waals surface area contributed by atoms with Gasteiger partial charge in [0.15, 0.2) is 11.5 Å². The van der Waals surface area contributed by atoms with Crippen molar-refractivity contribution in [1.82, 2.24) is 20.9 Å². The molecule has 0 aliphatic rings. The van der Waals surface area contributed by atoms with E-state index in [4.69, 9.17) is 45.3 Å². The number of rotatable bonds is 18. The number of ether oxygens (including phenoxy) is 6. The molecule has 0 fully saturated rings. The molecule has 80 heavy (non-hydrogen) atoms. The Morgan fingerprint density at radius 2 is 0.975 bits per heavy atom. The number of esters is 1. The van der Waals surface area contributed by atoms with Crippen LogP contribution in [0, 0.1) is 34.0 Å². The van der Waals surface area contributed by atoms with E-state index >= 15 is 0 Å². The Labute approximate surface area is 472 Å². The lowest BCUT2D eigenvalue weighted by Gasteiger charge is -2.13. The van der Waals surface area contributed by atoms with Crippen molar-refractivity contribution in [3.05, 3.63) is 187 Å². The van der Waals surface area contributed by atoms with E-state index in [-0.39, 0.29) is 57.6 Å². The second-order valence-corrected chi connectivity index (χ2v) is 17.4. The van der Waals surface area contributed by atoms with Crippen LogP contribution in [0.1, 0.15) is 46.0 Å². The Balaban J connectivity index is 0.000000261. The summed E-state index contributed by atoms with van der Waals surface area (Å²) in [6, 6.07) is 38.2. The van der Waals surface area contributed by atoms with Crippen LogP contribution in [0.4, 0.5) is 13.2 Å². The molecule has 0 radical (unpaired) electrons. The summed E-state index contributed by atoms with van der Waals surface area (Å²) in [5.41, 5.74) is 2.04. The second kappa shape index (κ2) is 31.6. The van der Waals surface area contributed by atoms with Crippen molar-refractivity contribution in [2.45, 2.75) is 32.7 Å². The Kier molecular flexibility index (Phi) is 24.8. The Morgan fingerprint density at radius 3 is 1.34 bits per heavy atom. The van der Waals surface area contributed by atoms with E-state index in [0.29, 0.717) is 39.7 Å². The molecule has 412 valence electrons. The van der Waals surface area contributed by atoms with Crippen LogP contribution in [0.3, 0.4) is 0 Å². The molecule has 17 nitrogen and oxygen atoms in total. The molecule has 0 atom stereocenters. The van der Waals surface area contributed by atoms with Gasteiger partial charge in [-0.25, -0.2) is 4.98 Å². The number of nitrogens with zero attached hydrogens (tertiary/aromatic N) is 4. The molecule has 1 heterocycles. The van der Waals surface area contributed by atoms with Crippen LogP contribution >= 0.6 is 27.5 Å². The Bertz CT molecular complexity index is 3400. The summed E-state index contributed by atoms with van der Waals surface area (Å²) in [6.45, 7) is 1.92. The minimum absolute atomic E-state index is 0.00139. The van der Waals surface area contributed by atoms with E-state index in [1.54, 1.807) is 74.9 Å². The van der Waals surface area contributed by atoms with E-state index in [1.807, 2.05) is 48.5 Å². The molecule has 5 aromatic carbocycles. The van der Waals surface area contributed by atoms with Crippen LogP contribution in [0.5, 0.6) is 34.5 Å². The summed E-state index contributed by atoms with van der Waals surface area (Å²) in [7, 11) is 7.46. The van der Waals surface area contributed by atoms with Gasteiger partial charge in [0.2, 0.25) is 5.75 Å². The van der Waals surface area contributed by atoms with Gasteiger partial charge in [0.25, 0.3) is 17.7 Å². The van der Waals surface area contributed by atoms with Crippen LogP contribution in [-0.4, -0.2) is 64.2 Å². The first-order valence-corrected chi connectivity index (χ1v) is 24.5. The average molecular weight is 1180 g/mol. The number of benzene rings is 5. The number of carbonyl (C=O) groups excluding carboxylic acids is 4. The van der Waals surface area contributed by atoms with Gasteiger partial charge in [-0.1, -0.05) is 54.1 Å². The number of amides is 3. The quantitative estimate of drug-likeness (QED) is 0.0238. The highest BCUT2D eigenvalue weighted by Crippen LogP contribution is 2.39. The first-order valence-electron chi connectivity index (χ1n) is 23.3. The number of methoxy groups -OCH3 is 5. The summed E-state index contributed by atoms with van der Waals surface area (Å²) < 4.78 is 70.2. The molecular formula is C58H50BrClF3N7O10. The fraction of sp³-hybridized carbons (Fsp3) is 0.172. The number of nitrogens with one attached hydrogen (secondary N) is 3. The zero-order valence-electron chi connectivity index (χ0n) is 43.7. The van der Waals surface area contributed by atoms with E-state index in [2.05, 4.69) is 36.9 Å². The average Bonchev–Trinajstić information content (AvgIpc) is 3.45. The molecule has 6 rings (SSSR count). The number of hydrogen-bond donors (Lipinski definition) is 3. The van der Waals surface area contributed by atoms with Gasteiger partial charge in [-0.15, -0.1) is 0 Å². The molecule has 3 N–H and O–H groups in total. The van der Waals surface area contributed by atoms with Crippen LogP contribution in [0.2, 0.25) is 5.02 Å². The number of nitriles is 3. The molecule has 6 aromatic rings. The minimum Gasteiger partial charge on any atom is -0.497 e. The Morgan fingerprint density at radius 1 is 0.575 bits per heavy atom. The fourth-order valence-electron chi connectivity index (χ4n) is 6.70. The molecule has 3 amide bonds. The van der Waals surface area contributed by atoms with E-state index in [9.17, 15) is 42.9 Å². The van der Waals surface area contributed by atoms with Crippen LogP contribution in [0.25, 0.3) is 18.2 Å². The highest BCUT2D eigenvalue weighted by molar-refractivity contribution is 9.10. The zero-order chi connectivity index (χ0) is 58.8. The molecule has 0 aliphatic carbocycles. The van der Waals surface area contributed by atoms with E-state index in [1.165, 1.54) is 58.6 Å². The van der Waals surface area contributed by atoms with Gasteiger partial charge < -0.3 is 44.4 Å². The predicted molar refractivity (Wildman–Crippen MR) is 295 cm³/mol. The summed E-state index contributed by atoms with van der Waals surface area (Å²) >= 11 is 8.96. The first kappa shape index (κ1) is 62.9. The third-order valence-electron chi connectivity index (χ3n) is 10.5. The largest absolute Gasteiger partial charge is 0.497 e. The number of pyridine rings is 1. The SMILES string of the molecule is COc1cccc(CNC(=O)/C(C#N)=C/c2cc(Cl)cc(C(F)(F)F)c2)c1.COc1cccc(CNC(=O)/C(C#N)=C/c2cc(OC)c(OC(C)=O)c(OC)c2)c1.COc1cccc(CNC(=O)/C(C#N)=C/c2cccc(Br)n2)c1. The molecule has 0 saturated heterocycles. The van der Waals surface area contributed by atoms with Crippen molar-refractivity contribution in [1.29, 1.82) is 15.8 Å². The van der Waals surface area contributed by atoms with Gasteiger partial charge in [-0.05, 0) is 141 Å². The van der Waals surface area contributed by atoms with Crippen molar-refractivity contribution in [3.8, 4) is 52.7 Å². The number of hydrogen-bond acceptors (Lipinski definition) is 14. The van der Waals surface area contributed by atoms with Crippen LogP contribution in [0.15, 0.2) is 143 Å². The lowest BCUT2D eigenvalue weighted by molar-refractivity contribution is -0.137. The highest BCUT2D eigenvalue weighted by atomic mass is 79.9. The van der Waals surface area contributed by atoms with Gasteiger partial charge >= 0.3 is 12.1 Å². The maximum absolute atomic E-state index is 12.9. The standard InChI is InChI=1S/C22H22N2O6.C19H14ClF3N2O2.C17H14BrN3O2/c1-14(25)30-21-19(28-3)10-16(11-20(21)29-4)8-17(12-23)22(26)24-13-15-6-5-7-18(9-15)27-2;1-27-17-4-2-3-12(8-17)11-25-18(26)14(10-24)5-13-6-15(19(21,22)23)9-16(20)7-13;1-23-15-6-2-4-12(8-15)11-20-17(22)13(10-19)9-14-5-3-7-16(18)21-14/h5-11H,13H2,1-4H3,(H,24,26);2-9H,11H2,1H3,(H,25,26);2-9H,11H2,1H3,(H,20,22)/b17-8+;14-5+;13-9+. The smallest absolute Gasteiger partial charge is 0.416 e. The number of halogens is 5. The predicted octanol–water partition coefficient (Wildman–Crippen LogP) is 10.5. The fourth-order valence-corrected chi connectivity index (χ4v) is 7.30. The summed E-state index contributed by atoms with van der Waals surface area (Å²) in [5, 5.41) is 35.6. The van der Waals surface area contributed by atoms with Crippen molar-refractivity contribution < 1.29 is 60.8 Å². The van der Waals surface area contributed by atoms with Crippen LogP contribution in [-0.2, 0) is 45.0 Å². The molecule has 0 bridgehead atoms. The monoisotopic (exact) mass is 1180 g/mol. The molecule has 0 unspecified atom stereocenters. The highest BCUT2D eigenvalue weighted by Gasteiger charge is 2.31. The molecule has 0 saturated carbocycles.